The van der Waals surface area contributed by atoms with Crippen LogP contribution in [0, 0.1) is 6.92 Å². The van der Waals surface area contributed by atoms with Crippen LogP contribution in [0.2, 0.25) is 25.7 Å². The van der Waals surface area contributed by atoms with Crippen LogP contribution in [-0.2, 0) is 23.1 Å². The van der Waals surface area contributed by atoms with Gasteiger partial charge in [0.2, 0.25) is 0 Å². The molecule has 0 saturated heterocycles. The van der Waals surface area contributed by atoms with Crippen molar-refractivity contribution in [1.82, 2.24) is 14.3 Å². The van der Waals surface area contributed by atoms with Crippen LogP contribution >= 0.6 is 15.9 Å². The molecule has 0 N–H and O–H groups in total. The molecule has 6 nitrogen and oxygen atoms in total. The number of rotatable bonds is 6. The van der Waals surface area contributed by atoms with E-state index in [1.54, 1.807) is 11.6 Å². The van der Waals surface area contributed by atoms with Crippen molar-refractivity contribution in [2.75, 3.05) is 13.4 Å². The van der Waals surface area contributed by atoms with E-state index in [0.29, 0.717) is 16.5 Å². The molecule has 150 valence electrons. The number of nitrogens with zero attached hydrogens (tertiary/aromatic N) is 3. The summed E-state index contributed by atoms with van der Waals surface area (Å²) in [5.41, 5.74) is 3.90. The summed E-state index contributed by atoms with van der Waals surface area (Å²) in [7, 11) is 0.678. The third-order valence-electron chi connectivity index (χ3n) is 5.34. The summed E-state index contributed by atoms with van der Waals surface area (Å²) in [6.07, 6.45) is -0.191. The molecule has 0 saturated carbocycles. The Labute approximate surface area is 173 Å². The second-order valence-electron chi connectivity index (χ2n) is 8.80. The van der Waals surface area contributed by atoms with Crippen molar-refractivity contribution in [2.45, 2.75) is 45.3 Å². The van der Waals surface area contributed by atoms with Gasteiger partial charge in [0.25, 0.3) is 5.56 Å². The van der Waals surface area contributed by atoms with Crippen LogP contribution in [0.25, 0.3) is 21.8 Å². The summed E-state index contributed by atoms with van der Waals surface area (Å²) < 4.78 is 16.2. The van der Waals surface area contributed by atoms with E-state index in [2.05, 4.69) is 46.7 Å². The average Bonchev–Trinajstić information content (AvgIpc) is 2.93. The number of pyridine rings is 1. The number of hydrogen-bond donors (Lipinski definition) is 0. The van der Waals surface area contributed by atoms with Crippen LogP contribution in [0.5, 0.6) is 0 Å². The monoisotopic (exact) mass is 463 g/mol. The molecule has 1 aliphatic rings. The highest BCUT2D eigenvalue weighted by molar-refractivity contribution is 9.10. The van der Waals surface area contributed by atoms with Crippen molar-refractivity contribution in [3.8, 4) is 0 Å². The van der Waals surface area contributed by atoms with E-state index in [1.807, 2.05) is 17.7 Å². The first-order valence-electron chi connectivity index (χ1n) is 9.56. The fourth-order valence-corrected chi connectivity index (χ4v) is 5.25. The molecule has 28 heavy (non-hydrogen) atoms. The van der Waals surface area contributed by atoms with E-state index < -0.39 is 8.07 Å². The number of aryl methyl sites for hydroxylation is 2. The van der Waals surface area contributed by atoms with Gasteiger partial charge < -0.3 is 14.0 Å². The maximum absolute atomic E-state index is 13.0. The molecule has 0 radical (unpaired) electrons. The van der Waals surface area contributed by atoms with E-state index >= 15 is 0 Å². The van der Waals surface area contributed by atoms with Crippen molar-refractivity contribution in [1.29, 1.82) is 0 Å². The smallest absolute Gasteiger partial charge is 0.258 e. The van der Waals surface area contributed by atoms with E-state index in [-0.39, 0.29) is 18.5 Å². The first-order chi connectivity index (χ1) is 13.2. The van der Waals surface area contributed by atoms with Gasteiger partial charge in [0, 0.05) is 32.5 Å². The highest BCUT2D eigenvalue weighted by Gasteiger charge is 2.29. The molecular formula is C20H26BrN3O3Si. The number of benzene rings is 1. The summed E-state index contributed by atoms with van der Waals surface area (Å²) in [4.78, 5) is 13.0. The molecule has 1 unspecified atom stereocenters. The molecule has 0 aliphatic carbocycles. The fraction of sp³-hybridized carbons (Fsp3) is 0.500. The fourth-order valence-electron chi connectivity index (χ4n) is 3.85. The largest absolute Gasteiger partial charge is 0.356 e. The molecule has 3 heterocycles. The minimum Gasteiger partial charge on any atom is -0.356 e. The van der Waals surface area contributed by atoms with Gasteiger partial charge in [-0.25, -0.2) is 0 Å². The summed E-state index contributed by atoms with van der Waals surface area (Å²) in [6, 6.07) is 5.19. The molecule has 2 aromatic heterocycles. The number of aromatic nitrogens is 3. The SMILES string of the molecule is Cc1cc2c3c(c1)c(=O)n(C)c1c(Br)nn(c31)CC2OCOCC[Si](C)(C)C. The zero-order chi connectivity index (χ0) is 20.2. The van der Waals surface area contributed by atoms with E-state index in [1.165, 1.54) is 0 Å². The Kier molecular flexibility index (Phi) is 5.02. The van der Waals surface area contributed by atoms with Crippen molar-refractivity contribution in [2.24, 2.45) is 7.05 Å². The summed E-state index contributed by atoms with van der Waals surface area (Å²) in [5.74, 6) is 0. The highest BCUT2D eigenvalue weighted by atomic mass is 79.9. The molecule has 1 atom stereocenters. The van der Waals surface area contributed by atoms with Gasteiger partial charge in [-0.05, 0) is 46.1 Å². The molecule has 8 heteroatoms. The van der Waals surface area contributed by atoms with Crippen LogP contribution in [0.1, 0.15) is 17.2 Å². The maximum Gasteiger partial charge on any atom is 0.258 e. The lowest BCUT2D eigenvalue weighted by atomic mass is 9.95. The normalized spacial score (nSPS) is 16.6. The maximum atomic E-state index is 13.0. The van der Waals surface area contributed by atoms with Gasteiger partial charge in [0.15, 0.2) is 4.60 Å². The average molecular weight is 464 g/mol. The molecule has 0 fully saturated rings. The Balaban J connectivity index is 1.72. The second kappa shape index (κ2) is 7.09. The Bertz CT molecular complexity index is 1130. The zero-order valence-electron chi connectivity index (χ0n) is 17.0. The highest BCUT2D eigenvalue weighted by Crippen LogP contribution is 2.39. The quantitative estimate of drug-likeness (QED) is 0.309. The molecule has 0 spiro atoms. The van der Waals surface area contributed by atoms with Crippen molar-refractivity contribution < 1.29 is 9.47 Å². The third-order valence-corrected chi connectivity index (χ3v) is 7.58. The Morgan fingerprint density at radius 3 is 2.75 bits per heavy atom. The van der Waals surface area contributed by atoms with Gasteiger partial charge in [-0.15, -0.1) is 0 Å². The molecule has 1 aromatic carbocycles. The summed E-state index contributed by atoms with van der Waals surface area (Å²) in [6.45, 7) is 10.6. The number of halogens is 1. The lowest BCUT2D eigenvalue weighted by Crippen LogP contribution is -2.24. The first kappa shape index (κ1) is 19.8. The first-order valence-corrected chi connectivity index (χ1v) is 14.1. The van der Waals surface area contributed by atoms with Crippen LogP contribution < -0.4 is 5.56 Å². The third kappa shape index (κ3) is 3.36. The standard InChI is InChI=1S/C20H26BrN3O3Si/c1-12-8-13-15(27-11-26-6-7-28(3,4)5)10-24-17-16(13)14(9-12)20(25)23(2)18(17)19(21)22-24/h8-9,15H,6-7,10-11H2,1-5H3. The molecule has 1 aliphatic heterocycles. The Hall–Kier alpha value is -1.48. The van der Waals surface area contributed by atoms with Crippen LogP contribution in [-0.4, -0.2) is 35.8 Å². The molecular weight excluding hydrogens is 438 g/mol. The van der Waals surface area contributed by atoms with Gasteiger partial charge in [-0.3, -0.25) is 9.48 Å². The van der Waals surface area contributed by atoms with E-state index in [9.17, 15) is 4.79 Å². The van der Waals surface area contributed by atoms with Crippen molar-refractivity contribution in [3.05, 3.63) is 38.2 Å². The van der Waals surface area contributed by atoms with Gasteiger partial charge in [0.05, 0.1) is 12.1 Å². The minimum atomic E-state index is -1.12. The number of hydrogen-bond acceptors (Lipinski definition) is 4. The molecule has 0 amide bonds. The number of ether oxygens (including phenoxy) is 2. The van der Waals surface area contributed by atoms with Gasteiger partial charge in [0.1, 0.15) is 18.4 Å². The van der Waals surface area contributed by atoms with Crippen molar-refractivity contribution >= 4 is 45.8 Å². The van der Waals surface area contributed by atoms with E-state index in [4.69, 9.17) is 9.47 Å². The molecule has 3 aromatic rings. The van der Waals surface area contributed by atoms with Crippen molar-refractivity contribution in [3.63, 3.8) is 0 Å². The molecule has 0 bridgehead atoms. The minimum absolute atomic E-state index is 0.0141. The Morgan fingerprint density at radius 1 is 1.29 bits per heavy atom. The Morgan fingerprint density at radius 2 is 2.04 bits per heavy atom. The molecule has 4 rings (SSSR count). The van der Waals surface area contributed by atoms with E-state index in [0.717, 1.165) is 40.2 Å². The second-order valence-corrected chi connectivity index (χ2v) is 15.2. The summed E-state index contributed by atoms with van der Waals surface area (Å²) >= 11 is 3.53. The lowest BCUT2D eigenvalue weighted by molar-refractivity contribution is -0.0931. The van der Waals surface area contributed by atoms with Gasteiger partial charge in [-0.2, -0.15) is 5.10 Å². The topological polar surface area (TPSA) is 58.3 Å². The lowest BCUT2D eigenvalue weighted by Gasteiger charge is -2.26. The zero-order valence-corrected chi connectivity index (χ0v) is 19.6. The predicted molar refractivity (Wildman–Crippen MR) is 118 cm³/mol. The van der Waals surface area contributed by atoms with Crippen LogP contribution in [0.15, 0.2) is 21.5 Å². The summed E-state index contributed by atoms with van der Waals surface area (Å²) in [5, 5.41) is 6.27. The van der Waals surface area contributed by atoms with Crippen LogP contribution in [0.3, 0.4) is 0 Å². The predicted octanol–water partition coefficient (Wildman–Crippen LogP) is 4.34. The van der Waals surface area contributed by atoms with Crippen LogP contribution in [0.4, 0.5) is 0 Å². The van der Waals surface area contributed by atoms with Gasteiger partial charge >= 0.3 is 0 Å². The van der Waals surface area contributed by atoms with Gasteiger partial charge in [-0.1, -0.05) is 25.7 Å².